The molecule has 0 saturated heterocycles. The number of rotatable bonds is 2. The summed E-state index contributed by atoms with van der Waals surface area (Å²) in [6, 6.07) is 0. The van der Waals surface area contributed by atoms with E-state index in [1.807, 2.05) is 6.92 Å². The molecule has 0 aromatic rings. The van der Waals surface area contributed by atoms with Crippen molar-refractivity contribution < 1.29 is 4.79 Å². The average molecular weight is 210 g/mol. The lowest BCUT2D eigenvalue weighted by molar-refractivity contribution is -0.106. The summed E-state index contributed by atoms with van der Waals surface area (Å²) in [6.45, 7) is 5.43. The number of halogens is 1. The van der Waals surface area contributed by atoms with E-state index in [1.54, 1.807) is 22.6 Å². The van der Waals surface area contributed by atoms with Gasteiger partial charge in [0.1, 0.15) is 0 Å². The van der Waals surface area contributed by atoms with Crippen LogP contribution in [0.4, 0.5) is 0 Å². The van der Waals surface area contributed by atoms with Crippen molar-refractivity contribution in [3.8, 4) is 0 Å². The Morgan fingerprint density at radius 2 is 2.29 bits per heavy atom. The minimum absolute atomic E-state index is 0.0695. The molecule has 0 unspecified atom stereocenters. The monoisotopic (exact) mass is 210 g/mol. The molecule has 0 aliphatic rings. The van der Waals surface area contributed by atoms with Crippen LogP contribution in [0, 0.1) is 0 Å². The zero-order valence-corrected chi connectivity index (χ0v) is 6.36. The molecule has 0 radical (unpaired) electrons. The molecule has 0 bridgehead atoms. The van der Waals surface area contributed by atoms with Crippen LogP contribution in [0.25, 0.3) is 0 Å². The van der Waals surface area contributed by atoms with E-state index in [1.165, 1.54) is 0 Å². The van der Waals surface area contributed by atoms with Gasteiger partial charge >= 0.3 is 0 Å². The standard InChI is InChI=1S/C5H7IO/c1-3-4(2)5(6)7/h2-3H2,1H3. The van der Waals surface area contributed by atoms with Gasteiger partial charge in [-0.2, -0.15) is 0 Å². The highest BCUT2D eigenvalue weighted by Gasteiger charge is 1.94. The number of allylic oxidation sites excluding steroid dienone is 1. The first-order valence-electron chi connectivity index (χ1n) is 2.06. The van der Waals surface area contributed by atoms with Crippen LogP contribution in [0.5, 0.6) is 0 Å². The van der Waals surface area contributed by atoms with E-state index in [-0.39, 0.29) is 3.79 Å². The van der Waals surface area contributed by atoms with Gasteiger partial charge in [0.25, 0.3) is 0 Å². The lowest BCUT2D eigenvalue weighted by Gasteiger charge is -1.87. The van der Waals surface area contributed by atoms with Crippen LogP contribution in [-0.4, -0.2) is 3.79 Å². The summed E-state index contributed by atoms with van der Waals surface area (Å²) in [4.78, 5) is 10.3. The van der Waals surface area contributed by atoms with Gasteiger partial charge in [0.05, 0.1) is 0 Å². The quantitative estimate of drug-likeness (QED) is 0.386. The lowest BCUT2D eigenvalue weighted by Crippen LogP contribution is -1.85. The molecule has 0 rings (SSSR count). The summed E-state index contributed by atoms with van der Waals surface area (Å²) in [7, 11) is 0. The third-order valence-electron chi connectivity index (χ3n) is 0.705. The van der Waals surface area contributed by atoms with Gasteiger partial charge in [-0.05, 0) is 12.0 Å². The molecule has 0 atom stereocenters. The summed E-state index contributed by atoms with van der Waals surface area (Å²) >= 11 is 1.73. The van der Waals surface area contributed by atoms with E-state index in [0.29, 0.717) is 5.57 Å². The Balaban J connectivity index is 3.58. The van der Waals surface area contributed by atoms with Crippen LogP contribution in [0.1, 0.15) is 13.3 Å². The summed E-state index contributed by atoms with van der Waals surface area (Å²) < 4.78 is 0.0695. The van der Waals surface area contributed by atoms with Crippen LogP contribution in [-0.2, 0) is 4.79 Å². The van der Waals surface area contributed by atoms with Crippen molar-refractivity contribution in [1.82, 2.24) is 0 Å². The van der Waals surface area contributed by atoms with Crippen molar-refractivity contribution in [2.24, 2.45) is 0 Å². The summed E-state index contributed by atoms with van der Waals surface area (Å²) in [5, 5.41) is 0. The Morgan fingerprint density at radius 3 is 2.29 bits per heavy atom. The number of hydrogen-bond acceptors (Lipinski definition) is 1. The molecule has 2 heteroatoms. The summed E-state index contributed by atoms with van der Waals surface area (Å²) in [6.07, 6.45) is 0.766. The van der Waals surface area contributed by atoms with Crippen LogP contribution in [0.15, 0.2) is 12.2 Å². The maximum atomic E-state index is 10.3. The normalized spacial score (nSPS) is 8.29. The molecule has 0 aromatic heterocycles. The van der Waals surface area contributed by atoms with Gasteiger partial charge in [0.2, 0.25) is 3.79 Å². The van der Waals surface area contributed by atoms with E-state index >= 15 is 0 Å². The van der Waals surface area contributed by atoms with E-state index < -0.39 is 0 Å². The minimum Gasteiger partial charge on any atom is -0.283 e. The second-order valence-electron chi connectivity index (χ2n) is 1.23. The van der Waals surface area contributed by atoms with Crippen LogP contribution >= 0.6 is 22.6 Å². The van der Waals surface area contributed by atoms with Gasteiger partial charge in [-0.15, -0.1) is 0 Å². The lowest BCUT2D eigenvalue weighted by atomic mass is 10.3. The molecule has 40 valence electrons. The molecular weight excluding hydrogens is 203 g/mol. The Hall–Kier alpha value is 0.140. The molecule has 0 fully saturated rings. The molecule has 0 amide bonds. The fourth-order valence-electron chi connectivity index (χ4n) is 0.139. The van der Waals surface area contributed by atoms with Crippen molar-refractivity contribution in [2.45, 2.75) is 13.3 Å². The molecule has 0 aromatic carbocycles. The smallest absolute Gasteiger partial charge is 0.217 e. The van der Waals surface area contributed by atoms with Crippen molar-refractivity contribution in [3.05, 3.63) is 12.2 Å². The molecule has 0 heterocycles. The Labute approximate surface area is 56.9 Å². The van der Waals surface area contributed by atoms with Crippen molar-refractivity contribution in [1.29, 1.82) is 0 Å². The Kier molecular flexibility index (Phi) is 3.25. The van der Waals surface area contributed by atoms with Crippen molar-refractivity contribution in [2.75, 3.05) is 0 Å². The number of carbonyl (C=O) groups is 1. The first-order chi connectivity index (χ1) is 3.18. The van der Waals surface area contributed by atoms with Gasteiger partial charge in [-0.25, -0.2) is 0 Å². The molecule has 7 heavy (non-hydrogen) atoms. The second kappa shape index (κ2) is 3.18. The predicted molar refractivity (Wildman–Crippen MR) is 38.5 cm³/mol. The van der Waals surface area contributed by atoms with E-state index in [9.17, 15) is 4.79 Å². The third-order valence-corrected chi connectivity index (χ3v) is 1.47. The summed E-state index contributed by atoms with van der Waals surface area (Å²) in [5.41, 5.74) is 0.695. The van der Waals surface area contributed by atoms with Crippen molar-refractivity contribution in [3.63, 3.8) is 0 Å². The first-order valence-corrected chi connectivity index (χ1v) is 3.14. The average Bonchev–Trinajstić information content (AvgIpc) is 1.65. The highest BCUT2D eigenvalue weighted by Crippen LogP contribution is 2.02. The minimum atomic E-state index is 0.0695. The molecular formula is C5H7IO. The third kappa shape index (κ3) is 2.79. The van der Waals surface area contributed by atoms with Crippen LogP contribution < -0.4 is 0 Å². The fourth-order valence-corrected chi connectivity index (χ4v) is 0.520. The number of carbonyl (C=O) groups excluding carboxylic acids is 1. The van der Waals surface area contributed by atoms with Crippen LogP contribution in [0.3, 0.4) is 0 Å². The van der Waals surface area contributed by atoms with Gasteiger partial charge in [-0.1, -0.05) is 13.5 Å². The zero-order valence-electron chi connectivity index (χ0n) is 4.20. The van der Waals surface area contributed by atoms with E-state index in [4.69, 9.17) is 0 Å². The molecule has 0 aliphatic carbocycles. The van der Waals surface area contributed by atoms with Gasteiger partial charge in [-0.3, -0.25) is 4.79 Å². The van der Waals surface area contributed by atoms with Gasteiger partial charge in [0, 0.05) is 22.6 Å². The fraction of sp³-hybridized carbons (Fsp3) is 0.400. The zero-order chi connectivity index (χ0) is 5.86. The largest absolute Gasteiger partial charge is 0.283 e. The molecule has 0 aliphatic heterocycles. The first kappa shape index (κ1) is 7.14. The molecule has 1 nitrogen and oxygen atoms in total. The van der Waals surface area contributed by atoms with Crippen LogP contribution in [0.2, 0.25) is 0 Å². The maximum absolute atomic E-state index is 10.3. The van der Waals surface area contributed by atoms with E-state index in [0.717, 1.165) is 6.42 Å². The highest BCUT2D eigenvalue weighted by molar-refractivity contribution is 14.1. The molecule has 0 saturated carbocycles. The topological polar surface area (TPSA) is 17.1 Å². The van der Waals surface area contributed by atoms with Crippen molar-refractivity contribution >= 4 is 26.4 Å². The molecule has 0 spiro atoms. The SMILES string of the molecule is C=C(CC)C(=O)I. The number of hydrogen-bond donors (Lipinski definition) is 0. The van der Waals surface area contributed by atoms with E-state index in [2.05, 4.69) is 6.58 Å². The van der Waals surface area contributed by atoms with Gasteiger partial charge in [0.15, 0.2) is 0 Å². The Morgan fingerprint density at radius 1 is 1.86 bits per heavy atom. The predicted octanol–water partition coefficient (Wildman–Crippen LogP) is 1.91. The second-order valence-corrected chi connectivity index (χ2v) is 2.21. The highest BCUT2D eigenvalue weighted by atomic mass is 127. The Bertz CT molecular complexity index is 96.3. The van der Waals surface area contributed by atoms with Gasteiger partial charge < -0.3 is 0 Å². The molecule has 0 N–H and O–H groups in total. The summed E-state index contributed by atoms with van der Waals surface area (Å²) in [5.74, 6) is 0. The maximum Gasteiger partial charge on any atom is 0.217 e.